The Balaban J connectivity index is 1.39. The second-order valence-electron chi connectivity index (χ2n) is 7.38. The number of hydrogen-bond donors (Lipinski definition) is 2. The van der Waals surface area contributed by atoms with Crippen molar-refractivity contribution in [1.82, 2.24) is 15.1 Å². The van der Waals surface area contributed by atoms with Gasteiger partial charge in [-0.25, -0.2) is 0 Å². The summed E-state index contributed by atoms with van der Waals surface area (Å²) in [7, 11) is 0. The summed E-state index contributed by atoms with van der Waals surface area (Å²) < 4.78 is 5.62. The molecule has 2 aliphatic heterocycles. The molecule has 1 aromatic rings. The number of piperazine rings is 1. The normalized spacial score (nSPS) is 20.5. The molecule has 27 heavy (non-hydrogen) atoms. The fraction of sp³-hybridized carbons (Fsp3) is 0.600. The molecule has 2 fully saturated rings. The molecule has 0 saturated carbocycles. The van der Waals surface area contributed by atoms with Gasteiger partial charge in [0.25, 0.3) is 0 Å². The highest BCUT2D eigenvalue weighted by atomic mass is 32.1. The zero-order valence-corrected chi connectivity index (χ0v) is 17.1. The molecule has 0 unspecified atom stereocenters. The molecular formula is C20H30N4O2S. The number of amides is 1. The van der Waals surface area contributed by atoms with Gasteiger partial charge < -0.3 is 20.3 Å². The molecule has 0 aromatic heterocycles. The number of ether oxygens (including phenoxy) is 1. The average Bonchev–Trinajstić information content (AvgIpc) is 3.18. The first-order valence-electron chi connectivity index (χ1n) is 9.75. The Hall–Kier alpha value is -1.70. The SMILES string of the molecule is Cc1cccc(NC(=O)CN2CCN(C(=S)NC[C@@H]3CCCO3)CC2)c1C. The zero-order chi connectivity index (χ0) is 19.2. The minimum absolute atomic E-state index is 0.0382. The van der Waals surface area contributed by atoms with Gasteiger partial charge in [-0.05, 0) is 56.1 Å². The number of nitrogens with one attached hydrogen (secondary N) is 2. The lowest BCUT2D eigenvalue weighted by atomic mass is 10.1. The van der Waals surface area contributed by atoms with Crippen LogP contribution < -0.4 is 10.6 Å². The Morgan fingerprint density at radius 1 is 1.26 bits per heavy atom. The van der Waals surface area contributed by atoms with Crippen LogP contribution in [0.2, 0.25) is 0 Å². The lowest BCUT2D eigenvalue weighted by Crippen LogP contribution is -2.53. The molecule has 3 rings (SSSR count). The molecule has 0 aliphatic carbocycles. The van der Waals surface area contributed by atoms with Crippen molar-refractivity contribution in [3.8, 4) is 0 Å². The van der Waals surface area contributed by atoms with Gasteiger partial charge in [-0.15, -0.1) is 0 Å². The Labute approximate surface area is 167 Å². The summed E-state index contributed by atoms with van der Waals surface area (Å²) in [6.07, 6.45) is 2.54. The lowest BCUT2D eigenvalue weighted by Gasteiger charge is -2.36. The van der Waals surface area contributed by atoms with Gasteiger partial charge in [-0.3, -0.25) is 9.69 Å². The Morgan fingerprint density at radius 3 is 2.74 bits per heavy atom. The minimum Gasteiger partial charge on any atom is -0.376 e. The van der Waals surface area contributed by atoms with Gasteiger partial charge in [-0.1, -0.05) is 12.1 Å². The van der Waals surface area contributed by atoms with Crippen LogP contribution in [0, 0.1) is 13.8 Å². The predicted octanol–water partition coefficient (Wildman–Crippen LogP) is 1.91. The van der Waals surface area contributed by atoms with E-state index >= 15 is 0 Å². The van der Waals surface area contributed by atoms with Crippen LogP contribution >= 0.6 is 12.2 Å². The van der Waals surface area contributed by atoms with E-state index < -0.39 is 0 Å². The highest BCUT2D eigenvalue weighted by Gasteiger charge is 2.22. The van der Waals surface area contributed by atoms with Crippen molar-refractivity contribution in [3.63, 3.8) is 0 Å². The van der Waals surface area contributed by atoms with E-state index in [2.05, 4.69) is 33.4 Å². The number of rotatable bonds is 5. The average molecular weight is 391 g/mol. The standard InChI is InChI=1S/C20H30N4O2S/c1-15-5-3-7-18(16(15)2)22-19(25)14-23-8-10-24(11-9-23)20(27)21-13-17-6-4-12-26-17/h3,5,7,17H,4,6,8-14H2,1-2H3,(H,21,27)(H,22,25)/t17-/m0/s1. The number of anilines is 1. The first-order chi connectivity index (χ1) is 13.0. The summed E-state index contributed by atoms with van der Waals surface area (Å²) in [6.45, 7) is 9.51. The monoisotopic (exact) mass is 390 g/mol. The fourth-order valence-electron chi connectivity index (χ4n) is 3.51. The van der Waals surface area contributed by atoms with E-state index in [1.54, 1.807) is 0 Å². The van der Waals surface area contributed by atoms with E-state index in [1.165, 1.54) is 5.56 Å². The van der Waals surface area contributed by atoms with Crippen molar-refractivity contribution in [2.75, 3.05) is 51.2 Å². The van der Waals surface area contributed by atoms with Gasteiger partial charge in [0, 0.05) is 45.0 Å². The predicted molar refractivity (Wildman–Crippen MR) is 112 cm³/mol. The summed E-state index contributed by atoms with van der Waals surface area (Å²) in [6, 6.07) is 5.98. The van der Waals surface area contributed by atoms with Crippen LogP contribution in [-0.2, 0) is 9.53 Å². The summed E-state index contributed by atoms with van der Waals surface area (Å²) in [5.74, 6) is 0.0382. The molecular weight excluding hydrogens is 360 g/mol. The number of nitrogens with zero attached hydrogens (tertiary/aromatic N) is 2. The van der Waals surface area contributed by atoms with E-state index in [0.29, 0.717) is 6.54 Å². The molecule has 0 radical (unpaired) electrons. The van der Waals surface area contributed by atoms with E-state index in [1.807, 2.05) is 19.1 Å². The van der Waals surface area contributed by atoms with Crippen LogP contribution in [0.4, 0.5) is 5.69 Å². The van der Waals surface area contributed by atoms with Gasteiger partial charge in [-0.2, -0.15) is 0 Å². The number of benzene rings is 1. The summed E-state index contributed by atoms with van der Waals surface area (Å²) >= 11 is 5.51. The first-order valence-corrected chi connectivity index (χ1v) is 10.2. The number of aryl methyl sites for hydroxylation is 1. The molecule has 2 heterocycles. The molecule has 148 valence electrons. The summed E-state index contributed by atoms with van der Waals surface area (Å²) in [4.78, 5) is 16.8. The number of carbonyl (C=O) groups is 1. The van der Waals surface area contributed by atoms with Crippen LogP contribution in [0.3, 0.4) is 0 Å². The molecule has 2 saturated heterocycles. The highest BCUT2D eigenvalue weighted by Crippen LogP contribution is 2.18. The lowest BCUT2D eigenvalue weighted by molar-refractivity contribution is -0.117. The first kappa shape index (κ1) is 20.0. The Bertz CT molecular complexity index is 668. The molecule has 1 aromatic carbocycles. The Kier molecular flexibility index (Phi) is 7.04. The fourth-order valence-corrected chi connectivity index (χ4v) is 3.77. The Morgan fingerprint density at radius 2 is 2.04 bits per heavy atom. The van der Waals surface area contributed by atoms with Gasteiger partial charge >= 0.3 is 0 Å². The van der Waals surface area contributed by atoms with Crippen LogP contribution in [0.5, 0.6) is 0 Å². The molecule has 2 N–H and O–H groups in total. The molecule has 1 amide bonds. The molecule has 0 spiro atoms. The smallest absolute Gasteiger partial charge is 0.238 e. The van der Waals surface area contributed by atoms with Gasteiger partial charge in [0.15, 0.2) is 5.11 Å². The number of carbonyl (C=O) groups excluding carboxylic acids is 1. The second-order valence-corrected chi connectivity index (χ2v) is 7.77. The van der Waals surface area contributed by atoms with E-state index in [0.717, 1.165) is 68.5 Å². The van der Waals surface area contributed by atoms with E-state index in [-0.39, 0.29) is 12.0 Å². The molecule has 7 heteroatoms. The van der Waals surface area contributed by atoms with Crippen LogP contribution in [-0.4, -0.2) is 72.8 Å². The van der Waals surface area contributed by atoms with Crippen molar-refractivity contribution in [2.24, 2.45) is 0 Å². The summed E-state index contributed by atoms with van der Waals surface area (Å²) in [5.41, 5.74) is 3.21. The third kappa shape index (κ3) is 5.64. The molecule has 0 bridgehead atoms. The van der Waals surface area contributed by atoms with Crippen molar-refractivity contribution >= 4 is 28.9 Å². The van der Waals surface area contributed by atoms with E-state index in [9.17, 15) is 4.79 Å². The van der Waals surface area contributed by atoms with Crippen molar-refractivity contribution in [1.29, 1.82) is 0 Å². The third-order valence-electron chi connectivity index (χ3n) is 5.41. The van der Waals surface area contributed by atoms with Crippen LogP contribution in [0.15, 0.2) is 18.2 Å². The highest BCUT2D eigenvalue weighted by molar-refractivity contribution is 7.80. The maximum Gasteiger partial charge on any atom is 0.238 e. The third-order valence-corrected chi connectivity index (χ3v) is 5.81. The van der Waals surface area contributed by atoms with Crippen molar-refractivity contribution in [2.45, 2.75) is 32.8 Å². The largest absolute Gasteiger partial charge is 0.376 e. The molecule has 1 atom stereocenters. The van der Waals surface area contributed by atoms with Gasteiger partial charge in [0.2, 0.25) is 5.91 Å². The quantitative estimate of drug-likeness (QED) is 0.749. The maximum atomic E-state index is 12.4. The minimum atomic E-state index is 0.0382. The number of thiocarbonyl (C=S) groups is 1. The van der Waals surface area contributed by atoms with Crippen LogP contribution in [0.1, 0.15) is 24.0 Å². The number of hydrogen-bond acceptors (Lipinski definition) is 4. The van der Waals surface area contributed by atoms with Gasteiger partial charge in [0.1, 0.15) is 0 Å². The van der Waals surface area contributed by atoms with Crippen molar-refractivity contribution in [3.05, 3.63) is 29.3 Å². The van der Waals surface area contributed by atoms with Gasteiger partial charge in [0.05, 0.1) is 12.6 Å². The van der Waals surface area contributed by atoms with E-state index in [4.69, 9.17) is 17.0 Å². The van der Waals surface area contributed by atoms with Crippen molar-refractivity contribution < 1.29 is 9.53 Å². The maximum absolute atomic E-state index is 12.4. The topological polar surface area (TPSA) is 56.8 Å². The molecule has 6 nitrogen and oxygen atoms in total. The van der Waals surface area contributed by atoms with Crippen LogP contribution in [0.25, 0.3) is 0 Å². The zero-order valence-electron chi connectivity index (χ0n) is 16.3. The molecule has 2 aliphatic rings. The second kappa shape index (κ2) is 9.48. The summed E-state index contributed by atoms with van der Waals surface area (Å²) in [5, 5.41) is 7.16.